The van der Waals surface area contributed by atoms with Crippen molar-refractivity contribution in [3.05, 3.63) is 17.7 Å². The zero-order valence-electron chi connectivity index (χ0n) is 13.7. The molecular weight excluding hydrogens is 296 g/mol. The lowest BCUT2D eigenvalue weighted by Crippen LogP contribution is -2.46. The van der Waals surface area contributed by atoms with Crippen LogP contribution in [0.5, 0.6) is 17.2 Å². The Morgan fingerprint density at radius 1 is 1.00 bits per heavy atom. The van der Waals surface area contributed by atoms with Crippen molar-refractivity contribution < 1.29 is 20.1 Å². The smallest absolute Gasteiger partial charge is 0.201 e. The number of ketones is 1. The lowest BCUT2D eigenvalue weighted by Gasteiger charge is -2.33. The van der Waals surface area contributed by atoms with Gasteiger partial charge >= 0.3 is 0 Å². The number of Topliss-reactive ketones (excluding diaryl/α,β-unsaturated/α-hetero) is 1. The molecule has 1 heterocycles. The highest BCUT2D eigenvalue weighted by atomic mass is 16.3. The maximum absolute atomic E-state index is 12.1. The Balaban J connectivity index is 1.72. The van der Waals surface area contributed by atoms with E-state index >= 15 is 0 Å². The van der Waals surface area contributed by atoms with Crippen LogP contribution in [-0.4, -0.2) is 70.2 Å². The van der Waals surface area contributed by atoms with Crippen LogP contribution in [0.25, 0.3) is 0 Å². The van der Waals surface area contributed by atoms with Gasteiger partial charge < -0.3 is 25.1 Å². The minimum Gasteiger partial charge on any atom is -0.504 e. The second-order valence-corrected chi connectivity index (χ2v) is 5.99. The van der Waals surface area contributed by atoms with E-state index in [0.717, 1.165) is 52.1 Å². The summed E-state index contributed by atoms with van der Waals surface area (Å²) < 4.78 is 0. The molecule has 1 saturated heterocycles. The third-order valence-corrected chi connectivity index (χ3v) is 4.47. The predicted molar refractivity (Wildman–Crippen MR) is 88.2 cm³/mol. The summed E-state index contributed by atoms with van der Waals surface area (Å²) in [7, 11) is 0. The van der Waals surface area contributed by atoms with E-state index in [2.05, 4.69) is 16.7 Å². The molecule has 0 aromatic heterocycles. The monoisotopic (exact) mass is 322 g/mol. The quantitative estimate of drug-likeness (QED) is 0.403. The molecule has 1 aromatic carbocycles. The largest absolute Gasteiger partial charge is 0.504 e. The second-order valence-electron chi connectivity index (χ2n) is 5.99. The zero-order valence-corrected chi connectivity index (χ0v) is 13.7. The Labute approximate surface area is 137 Å². The van der Waals surface area contributed by atoms with E-state index in [1.165, 1.54) is 12.1 Å². The summed E-state index contributed by atoms with van der Waals surface area (Å²) in [6.07, 6.45) is 2.00. The minimum atomic E-state index is -0.635. The Morgan fingerprint density at radius 3 is 2.30 bits per heavy atom. The molecule has 0 radical (unpaired) electrons. The van der Waals surface area contributed by atoms with Crippen molar-refractivity contribution in [3.63, 3.8) is 0 Å². The van der Waals surface area contributed by atoms with Gasteiger partial charge in [0.15, 0.2) is 17.3 Å². The lowest BCUT2D eigenvalue weighted by molar-refractivity contribution is 0.0971. The Morgan fingerprint density at radius 2 is 1.65 bits per heavy atom. The fraction of sp³-hybridized carbons (Fsp3) is 0.588. The van der Waals surface area contributed by atoms with E-state index in [1.807, 2.05) is 0 Å². The number of aromatic hydroxyl groups is 3. The van der Waals surface area contributed by atoms with Crippen LogP contribution in [0, 0.1) is 0 Å². The van der Waals surface area contributed by atoms with Gasteiger partial charge in [0.25, 0.3) is 0 Å². The number of carbonyl (C=O) groups is 1. The molecule has 0 bridgehead atoms. The third kappa shape index (κ3) is 4.59. The average Bonchev–Trinajstić information content (AvgIpc) is 2.57. The summed E-state index contributed by atoms with van der Waals surface area (Å²) in [6, 6.07) is 2.56. The number of piperazine rings is 1. The molecule has 0 spiro atoms. The molecule has 0 saturated carbocycles. The molecule has 3 N–H and O–H groups in total. The maximum atomic E-state index is 12.1. The predicted octanol–water partition coefficient (Wildman–Crippen LogP) is 1.79. The van der Waals surface area contributed by atoms with Crippen LogP contribution in [0.15, 0.2) is 12.1 Å². The molecule has 1 fully saturated rings. The van der Waals surface area contributed by atoms with Gasteiger partial charge in [0.1, 0.15) is 0 Å². The number of carbonyl (C=O) groups excluding carboxylic acids is 1. The first-order valence-electron chi connectivity index (χ1n) is 8.24. The van der Waals surface area contributed by atoms with Crippen molar-refractivity contribution in [1.29, 1.82) is 0 Å². The number of benzene rings is 1. The highest BCUT2D eigenvalue weighted by Crippen LogP contribution is 2.37. The Kier molecular flexibility index (Phi) is 6.24. The number of likely N-dealkylation sites (N-methyl/N-ethyl adjacent to an activating group) is 1. The average molecular weight is 322 g/mol. The van der Waals surface area contributed by atoms with E-state index in [0.29, 0.717) is 6.42 Å². The Hall–Kier alpha value is -1.79. The van der Waals surface area contributed by atoms with Crippen LogP contribution >= 0.6 is 0 Å². The van der Waals surface area contributed by atoms with Crippen LogP contribution in [0.4, 0.5) is 0 Å². The molecule has 0 atom stereocenters. The van der Waals surface area contributed by atoms with Crippen molar-refractivity contribution in [2.24, 2.45) is 0 Å². The van der Waals surface area contributed by atoms with Crippen molar-refractivity contribution in [3.8, 4) is 17.2 Å². The fourth-order valence-corrected chi connectivity index (χ4v) is 2.88. The highest BCUT2D eigenvalue weighted by Gasteiger charge is 2.18. The van der Waals surface area contributed by atoms with Crippen LogP contribution in [-0.2, 0) is 0 Å². The summed E-state index contributed by atoms with van der Waals surface area (Å²) in [5.74, 6) is -1.81. The number of nitrogens with zero attached hydrogens (tertiary/aromatic N) is 2. The van der Waals surface area contributed by atoms with Crippen molar-refractivity contribution >= 4 is 5.78 Å². The molecule has 128 valence electrons. The van der Waals surface area contributed by atoms with Crippen LogP contribution < -0.4 is 0 Å². The van der Waals surface area contributed by atoms with Crippen molar-refractivity contribution in [2.45, 2.75) is 26.2 Å². The van der Waals surface area contributed by atoms with Crippen LogP contribution in [0.2, 0.25) is 0 Å². The molecule has 6 heteroatoms. The SMILES string of the molecule is CCN1CCN(CCCCC(=O)c2ccc(O)c(O)c2O)CC1. The number of phenols is 3. The number of phenolic OH excluding ortho intramolecular Hbond substituents is 3. The van der Waals surface area contributed by atoms with Gasteiger partial charge in [-0.25, -0.2) is 0 Å². The van der Waals surface area contributed by atoms with E-state index < -0.39 is 17.2 Å². The highest BCUT2D eigenvalue weighted by molar-refractivity contribution is 5.99. The van der Waals surface area contributed by atoms with Crippen molar-refractivity contribution in [1.82, 2.24) is 9.80 Å². The van der Waals surface area contributed by atoms with Gasteiger partial charge in [0, 0.05) is 32.6 Å². The first kappa shape index (κ1) is 17.6. The lowest BCUT2D eigenvalue weighted by atomic mass is 10.0. The zero-order chi connectivity index (χ0) is 16.8. The summed E-state index contributed by atoms with van der Waals surface area (Å²) in [4.78, 5) is 16.9. The number of hydrogen-bond donors (Lipinski definition) is 3. The van der Waals surface area contributed by atoms with Gasteiger partial charge in [0.05, 0.1) is 5.56 Å². The molecule has 0 amide bonds. The van der Waals surface area contributed by atoms with E-state index in [9.17, 15) is 20.1 Å². The van der Waals surface area contributed by atoms with Crippen LogP contribution in [0.3, 0.4) is 0 Å². The summed E-state index contributed by atoms with van der Waals surface area (Å²) in [6.45, 7) is 8.63. The molecular formula is C17H26N2O4. The molecule has 0 unspecified atom stereocenters. The molecule has 1 aliphatic rings. The topological polar surface area (TPSA) is 84.2 Å². The molecule has 1 aliphatic heterocycles. The van der Waals surface area contributed by atoms with E-state index in [1.54, 1.807) is 0 Å². The van der Waals surface area contributed by atoms with Gasteiger partial charge in [-0.1, -0.05) is 6.92 Å². The third-order valence-electron chi connectivity index (χ3n) is 4.47. The second kappa shape index (κ2) is 8.17. The summed E-state index contributed by atoms with van der Waals surface area (Å²) in [5.41, 5.74) is 0.0665. The van der Waals surface area contributed by atoms with E-state index in [4.69, 9.17) is 0 Å². The first-order chi connectivity index (χ1) is 11.0. The first-order valence-corrected chi connectivity index (χ1v) is 8.24. The van der Waals surface area contributed by atoms with Gasteiger partial charge in [-0.05, 0) is 38.1 Å². The van der Waals surface area contributed by atoms with Gasteiger partial charge in [0.2, 0.25) is 5.75 Å². The normalized spacial score (nSPS) is 16.6. The van der Waals surface area contributed by atoms with Gasteiger partial charge in [-0.2, -0.15) is 0 Å². The summed E-state index contributed by atoms with van der Waals surface area (Å²) >= 11 is 0. The van der Waals surface area contributed by atoms with Gasteiger partial charge in [-0.15, -0.1) is 0 Å². The fourth-order valence-electron chi connectivity index (χ4n) is 2.88. The number of hydrogen-bond acceptors (Lipinski definition) is 6. The molecule has 6 nitrogen and oxygen atoms in total. The molecule has 1 aromatic rings. The standard InChI is InChI=1S/C17H26N2O4/c1-2-18-9-11-19(12-10-18)8-4-3-5-14(20)13-6-7-15(21)17(23)16(13)22/h6-7,21-23H,2-5,8-12H2,1H3. The number of rotatable bonds is 7. The molecule has 2 rings (SSSR count). The van der Waals surface area contributed by atoms with Gasteiger partial charge in [-0.3, -0.25) is 4.79 Å². The number of unbranched alkanes of at least 4 members (excludes halogenated alkanes) is 1. The van der Waals surface area contributed by atoms with E-state index in [-0.39, 0.29) is 11.3 Å². The van der Waals surface area contributed by atoms with Crippen LogP contribution in [0.1, 0.15) is 36.5 Å². The molecule has 23 heavy (non-hydrogen) atoms. The summed E-state index contributed by atoms with van der Waals surface area (Å²) in [5, 5.41) is 28.4. The molecule has 0 aliphatic carbocycles. The minimum absolute atomic E-state index is 0.0665. The maximum Gasteiger partial charge on any atom is 0.201 e. The van der Waals surface area contributed by atoms with Crippen molar-refractivity contribution in [2.75, 3.05) is 39.3 Å². The Bertz CT molecular complexity index is 540.